The molecule has 2 rings (SSSR count). The topological polar surface area (TPSA) is 84.9 Å². The number of fused-ring (bicyclic) bond motifs is 1. The Hall–Kier alpha value is -2.07. The van der Waals surface area contributed by atoms with Crippen molar-refractivity contribution in [2.75, 3.05) is 6.61 Å². The molecule has 0 bridgehead atoms. The van der Waals surface area contributed by atoms with E-state index >= 15 is 0 Å². The first-order chi connectivity index (χ1) is 12.4. The van der Waals surface area contributed by atoms with Crippen LogP contribution in [0.3, 0.4) is 0 Å². The van der Waals surface area contributed by atoms with E-state index in [1.807, 2.05) is 0 Å². The Labute approximate surface area is 155 Å². The molecular weight excluding hydrogens is 366 g/mol. The molecule has 0 saturated heterocycles. The fraction of sp³-hybridized carbons (Fsp3) is 0.529. The van der Waals surface area contributed by atoms with E-state index in [0.29, 0.717) is 11.0 Å². The molecule has 1 atom stereocenters. The first-order valence-electron chi connectivity index (χ1n) is 8.35. The molecule has 0 spiro atoms. The van der Waals surface area contributed by atoms with Crippen molar-refractivity contribution in [3.8, 4) is 0 Å². The summed E-state index contributed by atoms with van der Waals surface area (Å²) in [6.45, 7) is 4.60. The molecule has 0 unspecified atom stereocenters. The number of hydrogen-bond donors (Lipinski definition) is 2. The van der Waals surface area contributed by atoms with Crippen LogP contribution in [0.4, 0.5) is 13.2 Å². The van der Waals surface area contributed by atoms with Crippen molar-refractivity contribution in [2.24, 2.45) is 5.92 Å². The van der Waals surface area contributed by atoms with Gasteiger partial charge in [0.2, 0.25) is 0 Å². The fourth-order valence-electron chi connectivity index (χ4n) is 2.78. The fourth-order valence-corrected chi connectivity index (χ4v) is 2.78. The van der Waals surface area contributed by atoms with E-state index in [4.69, 9.17) is 4.65 Å². The monoisotopic (exact) mass is 387 g/mol. The van der Waals surface area contributed by atoms with E-state index < -0.39 is 43.2 Å². The molecule has 1 aliphatic rings. The van der Waals surface area contributed by atoms with Gasteiger partial charge in [0.05, 0.1) is 6.61 Å². The number of benzene rings is 1. The normalized spacial score (nSPS) is 16.1. The average molecular weight is 387 g/mol. The average Bonchev–Trinajstić information content (AvgIpc) is 2.93. The van der Waals surface area contributed by atoms with Crippen molar-refractivity contribution in [1.82, 2.24) is 5.32 Å². The lowest BCUT2D eigenvalue weighted by Crippen LogP contribution is -2.57. The van der Waals surface area contributed by atoms with E-state index in [9.17, 15) is 27.8 Å². The standard InChI is InChI=1S/C17H21BF3NO5/c1-9(2)16(4,15(24)26-8-17(19,20)21)22-14(23)12-6-5-11-7-27-18(25)13(11)10(12)3/h5-6,9,25H,7-8H2,1-4H3,(H,22,23)/t16-/m1/s1. The summed E-state index contributed by atoms with van der Waals surface area (Å²) in [5.74, 6) is -2.37. The number of rotatable bonds is 5. The predicted molar refractivity (Wildman–Crippen MR) is 91.3 cm³/mol. The second-order valence-electron chi connectivity index (χ2n) is 6.98. The minimum atomic E-state index is -4.66. The highest BCUT2D eigenvalue weighted by Gasteiger charge is 2.42. The summed E-state index contributed by atoms with van der Waals surface area (Å²) in [5.41, 5.74) is 0.225. The van der Waals surface area contributed by atoms with E-state index in [2.05, 4.69) is 10.1 Å². The van der Waals surface area contributed by atoms with Gasteiger partial charge in [0.25, 0.3) is 5.91 Å². The summed E-state index contributed by atoms with van der Waals surface area (Å²) < 4.78 is 46.5. The Morgan fingerprint density at radius 2 is 2.00 bits per heavy atom. The first-order valence-corrected chi connectivity index (χ1v) is 8.35. The molecular formula is C17H21BF3NO5. The van der Waals surface area contributed by atoms with Gasteiger partial charge in [-0.2, -0.15) is 13.2 Å². The zero-order chi connectivity index (χ0) is 20.6. The predicted octanol–water partition coefficient (Wildman–Crippen LogP) is 1.46. The third kappa shape index (κ3) is 4.44. The molecule has 1 amide bonds. The van der Waals surface area contributed by atoms with E-state index in [1.165, 1.54) is 13.0 Å². The molecule has 6 nitrogen and oxygen atoms in total. The SMILES string of the molecule is Cc1c(C(=O)N[C@@](C)(C(=O)OCC(F)(F)F)C(C)C)ccc2c1B(O)OC2. The molecule has 0 aromatic heterocycles. The van der Waals surface area contributed by atoms with Crippen LogP contribution in [0.15, 0.2) is 12.1 Å². The smallest absolute Gasteiger partial charge is 0.454 e. The maximum absolute atomic E-state index is 12.7. The molecule has 1 aromatic carbocycles. The van der Waals surface area contributed by atoms with Crippen LogP contribution in [-0.4, -0.2) is 42.3 Å². The number of alkyl halides is 3. The minimum absolute atomic E-state index is 0.189. The summed E-state index contributed by atoms with van der Waals surface area (Å²) >= 11 is 0. The molecule has 0 fully saturated rings. The second-order valence-corrected chi connectivity index (χ2v) is 6.98. The highest BCUT2D eigenvalue weighted by Crippen LogP contribution is 2.23. The maximum Gasteiger partial charge on any atom is 0.492 e. The third-order valence-electron chi connectivity index (χ3n) is 4.81. The quantitative estimate of drug-likeness (QED) is 0.591. The Bertz CT molecular complexity index is 753. The van der Waals surface area contributed by atoms with Gasteiger partial charge in [-0.25, -0.2) is 4.79 Å². The van der Waals surface area contributed by atoms with Crippen molar-refractivity contribution < 1.29 is 37.2 Å². The Kier molecular flexibility index (Phi) is 5.91. The van der Waals surface area contributed by atoms with Crippen molar-refractivity contribution >= 4 is 24.5 Å². The number of esters is 1. The molecule has 2 N–H and O–H groups in total. The molecule has 27 heavy (non-hydrogen) atoms. The summed E-state index contributed by atoms with van der Waals surface area (Å²) in [7, 11) is -1.15. The number of amides is 1. The summed E-state index contributed by atoms with van der Waals surface area (Å²) in [6, 6.07) is 3.15. The zero-order valence-electron chi connectivity index (χ0n) is 15.4. The lowest BCUT2D eigenvalue weighted by atomic mass is 9.75. The minimum Gasteiger partial charge on any atom is -0.454 e. The lowest BCUT2D eigenvalue weighted by Gasteiger charge is -2.32. The van der Waals surface area contributed by atoms with E-state index in [-0.39, 0.29) is 12.2 Å². The van der Waals surface area contributed by atoms with Crippen molar-refractivity contribution in [3.05, 3.63) is 28.8 Å². The molecule has 0 aliphatic carbocycles. The molecule has 1 aliphatic heterocycles. The van der Waals surface area contributed by atoms with Gasteiger partial charge in [-0.3, -0.25) is 4.79 Å². The number of carbonyl (C=O) groups excluding carboxylic acids is 2. The molecule has 1 heterocycles. The van der Waals surface area contributed by atoms with Gasteiger partial charge in [-0.05, 0) is 42.4 Å². The third-order valence-corrected chi connectivity index (χ3v) is 4.81. The highest BCUT2D eigenvalue weighted by molar-refractivity contribution is 6.62. The molecule has 10 heteroatoms. The lowest BCUT2D eigenvalue weighted by molar-refractivity contribution is -0.191. The van der Waals surface area contributed by atoms with Crippen LogP contribution in [0.1, 0.15) is 42.3 Å². The zero-order valence-corrected chi connectivity index (χ0v) is 15.4. The van der Waals surface area contributed by atoms with Crippen LogP contribution >= 0.6 is 0 Å². The summed E-state index contributed by atoms with van der Waals surface area (Å²) in [5, 5.41) is 12.4. The van der Waals surface area contributed by atoms with Crippen molar-refractivity contribution in [1.29, 1.82) is 0 Å². The number of halogens is 3. The number of carbonyl (C=O) groups is 2. The van der Waals surface area contributed by atoms with Crippen LogP contribution < -0.4 is 10.8 Å². The second kappa shape index (κ2) is 7.51. The van der Waals surface area contributed by atoms with Crippen molar-refractivity contribution in [2.45, 2.75) is 46.0 Å². The summed E-state index contributed by atoms with van der Waals surface area (Å²) in [4.78, 5) is 25.0. The van der Waals surface area contributed by atoms with Crippen LogP contribution in [0, 0.1) is 12.8 Å². The van der Waals surface area contributed by atoms with E-state index in [0.717, 1.165) is 5.56 Å². The van der Waals surface area contributed by atoms with Crippen molar-refractivity contribution in [3.63, 3.8) is 0 Å². The van der Waals surface area contributed by atoms with Gasteiger partial charge in [0.15, 0.2) is 6.61 Å². The molecule has 0 saturated carbocycles. The Balaban J connectivity index is 2.25. The Morgan fingerprint density at radius 3 is 2.56 bits per heavy atom. The van der Waals surface area contributed by atoms with Crippen LogP contribution in [0.5, 0.6) is 0 Å². The molecule has 148 valence electrons. The Morgan fingerprint density at radius 1 is 1.37 bits per heavy atom. The molecule has 1 aromatic rings. The molecule has 0 radical (unpaired) electrons. The van der Waals surface area contributed by atoms with Gasteiger partial charge in [-0.15, -0.1) is 0 Å². The van der Waals surface area contributed by atoms with Gasteiger partial charge in [-0.1, -0.05) is 19.9 Å². The van der Waals surface area contributed by atoms with Crippen LogP contribution in [0.25, 0.3) is 0 Å². The first kappa shape index (κ1) is 21.2. The van der Waals surface area contributed by atoms with Gasteiger partial charge in [0.1, 0.15) is 5.54 Å². The number of hydrogen-bond acceptors (Lipinski definition) is 5. The largest absolute Gasteiger partial charge is 0.492 e. The van der Waals surface area contributed by atoms with Gasteiger partial charge >= 0.3 is 19.3 Å². The number of ether oxygens (including phenoxy) is 1. The van der Waals surface area contributed by atoms with Crippen LogP contribution in [-0.2, 0) is 20.8 Å². The highest BCUT2D eigenvalue weighted by atomic mass is 19.4. The van der Waals surface area contributed by atoms with Gasteiger partial charge in [0, 0.05) is 5.56 Å². The van der Waals surface area contributed by atoms with Gasteiger partial charge < -0.3 is 19.7 Å². The number of nitrogens with one attached hydrogen (secondary N) is 1. The summed E-state index contributed by atoms with van der Waals surface area (Å²) in [6.07, 6.45) is -4.66. The van der Waals surface area contributed by atoms with Crippen LogP contribution in [0.2, 0.25) is 0 Å². The maximum atomic E-state index is 12.7. The van der Waals surface area contributed by atoms with E-state index in [1.54, 1.807) is 26.8 Å².